The SMILES string of the molecule is COc1ccc(C)cc1CC(=O)N(C)CC(C)C(=O)O. The predicted molar refractivity (Wildman–Crippen MR) is 75.9 cm³/mol. The fourth-order valence-electron chi connectivity index (χ4n) is 1.93. The van der Waals surface area contributed by atoms with E-state index >= 15 is 0 Å². The summed E-state index contributed by atoms with van der Waals surface area (Å²) < 4.78 is 5.24. The maximum atomic E-state index is 12.1. The molecule has 0 aliphatic rings. The van der Waals surface area contributed by atoms with Crippen molar-refractivity contribution in [3.05, 3.63) is 29.3 Å². The molecule has 1 N–H and O–H groups in total. The average Bonchev–Trinajstić information content (AvgIpc) is 2.38. The minimum Gasteiger partial charge on any atom is -0.496 e. The van der Waals surface area contributed by atoms with Crippen molar-refractivity contribution in [3.8, 4) is 5.75 Å². The van der Waals surface area contributed by atoms with E-state index in [4.69, 9.17) is 9.84 Å². The van der Waals surface area contributed by atoms with E-state index in [1.54, 1.807) is 21.1 Å². The highest BCUT2D eigenvalue weighted by molar-refractivity contribution is 5.80. The summed E-state index contributed by atoms with van der Waals surface area (Å²) >= 11 is 0. The lowest BCUT2D eigenvalue weighted by Crippen LogP contribution is -2.34. The summed E-state index contributed by atoms with van der Waals surface area (Å²) in [6.07, 6.45) is 0.202. The van der Waals surface area contributed by atoms with Crippen molar-refractivity contribution in [2.24, 2.45) is 5.92 Å². The summed E-state index contributed by atoms with van der Waals surface area (Å²) in [6.45, 7) is 3.73. The summed E-state index contributed by atoms with van der Waals surface area (Å²) in [5.74, 6) is -0.938. The highest BCUT2D eigenvalue weighted by Gasteiger charge is 2.18. The van der Waals surface area contributed by atoms with Gasteiger partial charge in [0, 0.05) is 19.2 Å². The molecule has 5 nitrogen and oxygen atoms in total. The molecular formula is C15H21NO4. The molecule has 20 heavy (non-hydrogen) atoms. The molecule has 1 aromatic carbocycles. The lowest BCUT2D eigenvalue weighted by Gasteiger charge is -2.20. The summed E-state index contributed by atoms with van der Waals surface area (Å²) in [6, 6.07) is 5.66. The maximum absolute atomic E-state index is 12.1. The first-order valence-corrected chi connectivity index (χ1v) is 6.45. The molecule has 5 heteroatoms. The summed E-state index contributed by atoms with van der Waals surface area (Å²) in [4.78, 5) is 24.4. The van der Waals surface area contributed by atoms with Crippen molar-refractivity contribution in [2.75, 3.05) is 20.7 Å². The Kier molecular flexibility index (Phi) is 5.55. The van der Waals surface area contributed by atoms with Crippen LogP contribution < -0.4 is 4.74 Å². The monoisotopic (exact) mass is 279 g/mol. The first-order valence-electron chi connectivity index (χ1n) is 6.45. The molecule has 0 saturated heterocycles. The standard InChI is InChI=1S/C15H21NO4/c1-10-5-6-13(20-4)12(7-10)8-14(17)16(3)9-11(2)15(18)19/h5-7,11H,8-9H2,1-4H3,(H,18,19). The van der Waals surface area contributed by atoms with E-state index in [0.29, 0.717) is 5.75 Å². The van der Waals surface area contributed by atoms with Gasteiger partial charge in [0.05, 0.1) is 19.4 Å². The van der Waals surface area contributed by atoms with Gasteiger partial charge in [0.25, 0.3) is 0 Å². The number of nitrogens with zero attached hydrogens (tertiary/aromatic N) is 1. The lowest BCUT2D eigenvalue weighted by atomic mass is 10.1. The van der Waals surface area contributed by atoms with Gasteiger partial charge in [0.1, 0.15) is 5.75 Å². The minimum absolute atomic E-state index is 0.123. The zero-order valence-corrected chi connectivity index (χ0v) is 12.3. The van der Waals surface area contributed by atoms with Crippen molar-refractivity contribution in [1.29, 1.82) is 0 Å². The normalized spacial score (nSPS) is 11.8. The summed E-state index contributed by atoms with van der Waals surface area (Å²) in [7, 11) is 3.18. The first kappa shape index (κ1) is 16.0. The Balaban J connectivity index is 2.75. The lowest BCUT2D eigenvalue weighted by molar-refractivity contribution is -0.142. The number of amides is 1. The first-order chi connectivity index (χ1) is 9.35. The second kappa shape index (κ2) is 6.93. The molecule has 1 aromatic rings. The maximum Gasteiger partial charge on any atom is 0.308 e. The van der Waals surface area contributed by atoms with Crippen LogP contribution in [0, 0.1) is 12.8 Å². The number of hydrogen-bond donors (Lipinski definition) is 1. The van der Waals surface area contributed by atoms with Crippen LogP contribution in [0.3, 0.4) is 0 Å². The number of hydrogen-bond acceptors (Lipinski definition) is 3. The number of methoxy groups -OCH3 is 1. The summed E-state index contributed by atoms with van der Waals surface area (Å²) in [5, 5.41) is 8.86. The molecule has 0 aliphatic carbocycles. The second-order valence-corrected chi connectivity index (χ2v) is 5.01. The van der Waals surface area contributed by atoms with Gasteiger partial charge in [-0.25, -0.2) is 0 Å². The molecule has 1 atom stereocenters. The molecule has 0 aromatic heterocycles. The van der Waals surface area contributed by atoms with Crippen molar-refractivity contribution in [2.45, 2.75) is 20.3 Å². The van der Waals surface area contributed by atoms with Crippen molar-refractivity contribution < 1.29 is 19.4 Å². The van der Waals surface area contributed by atoms with Crippen LogP contribution in [-0.4, -0.2) is 42.6 Å². The second-order valence-electron chi connectivity index (χ2n) is 5.01. The van der Waals surface area contributed by atoms with E-state index in [1.807, 2.05) is 25.1 Å². The molecule has 0 radical (unpaired) electrons. The molecule has 0 heterocycles. The number of rotatable bonds is 6. The molecule has 0 aliphatic heterocycles. The van der Waals surface area contributed by atoms with E-state index in [-0.39, 0.29) is 18.9 Å². The van der Waals surface area contributed by atoms with E-state index in [9.17, 15) is 9.59 Å². The van der Waals surface area contributed by atoms with Gasteiger partial charge in [0.15, 0.2) is 0 Å². The Labute approximate surface area is 119 Å². The van der Waals surface area contributed by atoms with E-state index in [1.165, 1.54) is 4.90 Å². The fraction of sp³-hybridized carbons (Fsp3) is 0.467. The molecule has 1 unspecified atom stereocenters. The van der Waals surface area contributed by atoms with Crippen molar-refractivity contribution in [3.63, 3.8) is 0 Å². The van der Waals surface area contributed by atoms with Gasteiger partial charge in [-0.1, -0.05) is 24.6 Å². The van der Waals surface area contributed by atoms with Gasteiger partial charge >= 0.3 is 5.97 Å². The zero-order valence-electron chi connectivity index (χ0n) is 12.3. The van der Waals surface area contributed by atoms with Crippen LogP contribution in [0.2, 0.25) is 0 Å². The Morgan fingerprint density at radius 1 is 1.40 bits per heavy atom. The van der Waals surface area contributed by atoms with Crippen LogP contribution in [0.1, 0.15) is 18.1 Å². The van der Waals surface area contributed by atoms with Gasteiger partial charge in [-0.2, -0.15) is 0 Å². The van der Waals surface area contributed by atoms with Crippen molar-refractivity contribution in [1.82, 2.24) is 4.90 Å². The minimum atomic E-state index is -0.905. The smallest absolute Gasteiger partial charge is 0.308 e. The fourth-order valence-corrected chi connectivity index (χ4v) is 1.93. The van der Waals surface area contributed by atoms with Gasteiger partial charge in [-0.3, -0.25) is 9.59 Å². The Hall–Kier alpha value is -2.04. The summed E-state index contributed by atoms with van der Waals surface area (Å²) in [5.41, 5.74) is 1.86. The number of carbonyl (C=O) groups is 2. The third kappa shape index (κ3) is 4.26. The van der Waals surface area contributed by atoms with E-state index < -0.39 is 11.9 Å². The number of carboxylic acids is 1. The number of aryl methyl sites for hydroxylation is 1. The molecule has 110 valence electrons. The van der Waals surface area contributed by atoms with Gasteiger partial charge in [-0.15, -0.1) is 0 Å². The number of carboxylic acid groups (broad SMARTS) is 1. The predicted octanol–water partition coefficient (Wildman–Crippen LogP) is 1.73. The quantitative estimate of drug-likeness (QED) is 0.861. The van der Waals surface area contributed by atoms with Crippen LogP contribution in [0.5, 0.6) is 5.75 Å². The van der Waals surface area contributed by atoms with Crippen LogP contribution >= 0.6 is 0 Å². The molecule has 0 saturated carbocycles. The van der Waals surface area contributed by atoms with Crippen LogP contribution in [0.15, 0.2) is 18.2 Å². The largest absolute Gasteiger partial charge is 0.496 e. The number of aliphatic carboxylic acids is 1. The van der Waals surface area contributed by atoms with Crippen LogP contribution in [-0.2, 0) is 16.0 Å². The molecule has 1 rings (SSSR count). The number of carbonyl (C=O) groups excluding carboxylic acids is 1. The van der Waals surface area contributed by atoms with Gasteiger partial charge in [-0.05, 0) is 13.0 Å². The van der Waals surface area contributed by atoms with Gasteiger partial charge in [0.2, 0.25) is 5.91 Å². The van der Waals surface area contributed by atoms with Crippen LogP contribution in [0.25, 0.3) is 0 Å². The van der Waals surface area contributed by atoms with Crippen molar-refractivity contribution >= 4 is 11.9 Å². The van der Waals surface area contributed by atoms with E-state index in [2.05, 4.69) is 0 Å². The number of ether oxygens (including phenoxy) is 1. The van der Waals surface area contributed by atoms with E-state index in [0.717, 1.165) is 11.1 Å². The Morgan fingerprint density at radius 2 is 2.05 bits per heavy atom. The van der Waals surface area contributed by atoms with Gasteiger partial charge < -0.3 is 14.7 Å². The topological polar surface area (TPSA) is 66.8 Å². The highest BCUT2D eigenvalue weighted by atomic mass is 16.5. The molecular weight excluding hydrogens is 258 g/mol. The third-order valence-corrected chi connectivity index (χ3v) is 3.17. The number of likely N-dealkylation sites (N-methyl/N-ethyl adjacent to an activating group) is 1. The Morgan fingerprint density at radius 3 is 2.60 bits per heavy atom. The molecule has 0 spiro atoms. The third-order valence-electron chi connectivity index (χ3n) is 3.17. The van der Waals surface area contributed by atoms with Crippen LogP contribution in [0.4, 0.5) is 0 Å². The Bertz CT molecular complexity index is 499. The zero-order chi connectivity index (χ0) is 15.3. The highest BCUT2D eigenvalue weighted by Crippen LogP contribution is 2.20. The molecule has 1 amide bonds. The average molecular weight is 279 g/mol. The number of benzene rings is 1. The molecule has 0 bridgehead atoms. The molecule has 0 fully saturated rings.